The van der Waals surface area contributed by atoms with Crippen LogP contribution in [0, 0.1) is 0 Å². The summed E-state index contributed by atoms with van der Waals surface area (Å²) < 4.78 is 5.50. The van der Waals surface area contributed by atoms with Gasteiger partial charge in [-0.3, -0.25) is 9.69 Å². The van der Waals surface area contributed by atoms with E-state index in [1.807, 2.05) is 6.92 Å². The van der Waals surface area contributed by atoms with E-state index in [0.29, 0.717) is 19.8 Å². The molecule has 1 saturated heterocycles. The number of rotatable bonds is 5. The summed E-state index contributed by atoms with van der Waals surface area (Å²) in [6.45, 7) is 11.0. The van der Waals surface area contributed by atoms with Gasteiger partial charge >= 0.3 is 0 Å². The van der Waals surface area contributed by atoms with Gasteiger partial charge in [0, 0.05) is 12.1 Å². The number of nitrogens with one attached hydrogen (secondary N) is 1. The van der Waals surface area contributed by atoms with Crippen molar-refractivity contribution in [3.05, 3.63) is 35.4 Å². The van der Waals surface area contributed by atoms with Crippen molar-refractivity contribution in [2.45, 2.75) is 45.7 Å². The van der Waals surface area contributed by atoms with Gasteiger partial charge < -0.3 is 10.1 Å². The summed E-state index contributed by atoms with van der Waals surface area (Å²) in [7, 11) is 0. The molecule has 0 aliphatic carbocycles. The average Bonchev–Trinajstić information content (AvgIpc) is 2.49. The van der Waals surface area contributed by atoms with Crippen molar-refractivity contribution in [2.24, 2.45) is 0 Å². The van der Waals surface area contributed by atoms with Gasteiger partial charge in [-0.1, -0.05) is 31.2 Å². The monoisotopic (exact) mass is 304 g/mol. The summed E-state index contributed by atoms with van der Waals surface area (Å²) in [4.78, 5) is 14.5. The molecule has 1 heterocycles. The van der Waals surface area contributed by atoms with Gasteiger partial charge in [0.05, 0.1) is 25.8 Å². The summed E-state index contributed by atoms with van der Waals surface area (Å²) in [5, 5.41) is 3.10. The molecular formula is C18H28N2O2. The van der Waals surface area contributed by atoms with Crippen LogP contribution in [0.4, 0.5) is 0 Å². The molecule has 0 spiro atoms. The lowest BCUT2D eigenvalue weighted by molar-refractivity contribution is -0.127. The standard InChI is InChI=1S/C18H28N2O2/c1-5-15-6-8-16(9-7-15)14(2)19-17(21)12-20-10-11-22-13-18(20,3)4/h6-9,14H,5,10-13H2,1-4H3,(H,19,21). The van der Waals surface area contributed by atoms with Gasteiger partial charge in [0.1, 0.15) is 0 Å². The van der Waals surface area contributed by atoms with Crippen molar-refractivity contribution < 1.29 is 9.53 Å². The predicted molar refractivity (Wildman–Crippen MR) is 88.8 cm³/mol. The summed E-state index contributed by atoms with van der Waals surface area (Å²) in [6, 6.07) is 8.49. The summed E-state index contributed by atoms with van der Waals surface area (Å²) in [6.07, 6.45) is 1.03. The van der Waals surface area contributed by atoms with Crippen molar-refractivity contribution in [1.29, 1.82) is 0 Å². The zero-order valence-electron chi connectivity index (χ0n) is 14.2. The van der Waals surface area contributed by atoms with Gasteiger partial charge in [-0.05, 0) is 38.3 Å². The Bertz CT molecular complexity index is 496. The van der Waals surface area contributed by atoms with E-state index in [-0.39, 0.29) is 17.5 Å². The van der Waals surface area contributed by atoms with E-state index in [2.05, 4.69) is 55.3 Å². The third-order valence-electron chi connectivity index (χ3n) is 4.42. The van der Waals surface area contributed by atoms with Crippen LogP contribution in [-0.4, -0.2) is 42.6 Å². The van der Waals surface area contributed by atoms with Crippen LogP contribution in [0.3, 0.4) is 0 Å². The number of hydrogen-bond donors (Lipinski definition) is 1. The van der Waals surface area contributed by atoms with Crippen LogP contribution in [0.1, 0.15) is 44.9 Å². The fraction of sp³-hybridized carbons (Fsp3) is 0.611. The molecule has 0 saturated carbocycles. The normalized spacial score (nSPS) is 19.6. The SMILES string of the molecule is CCc1ccc(C(C)NC(=O)CN2CCOCC2(C)C)cc1. The molecule has 4 heteroatoms. The van der Waals surface area contributed by atoms with E-state index < -0.39 is 0 Å². The number of benzene rings is 1. The van der Waals surface area contributed by atoms with Crippen molar-refractivity contribution in [2.75, 3.05) is 26.3 Å². The molecule has 122 valence electrons. The Labute approximate surface area is 133 Å². The number of ether oxygens (including phenoxy) is 1. The average molecular weight is 304 g/mol. The Morgan fingerprint density at radius 1 is 1.36 bits per heavy atom. The van der Waals surface area contributed by atoms with Crippen LogP contribution in [0.2, 0.25) is 0 Å². The Morgan fingerprint density at radius 2 is 2.05 bits per heavy atom. The number of carbonyl (C=O) groups excluding carboxylic acids is 1. The van der Waals surface area contributed by atoms with Gasteiger partial charge in [0.15, 0.2) is 0 Å². The van der Waals surface area contributed by atoms with Gasteiger partial charge in [-0.25, -0.2) is 0 Å². The molecule has 22 heavy (non-hydrogen) atoms. The van der Waals surface area contributed by atoms with E-state index in [1.165, 1.54) is 5.56 Å². The minimum Gasteiger partial charge on any atom is -0.378 e. The van der Waals surface area contributed by atoms with Gasteiger partial charge in [0.25, 0.3) is 0 Å². The molecular weight excluding hydrogens is 276 g/mol. The molecule has 1 aliphatic heterocycles. The Morgan fingerprint density at radius 3 is 2.64 bits per heavy atom. The first-order chi connectivity index (χ1) is 10.4. The Balaban J connectivity index is 1.90. The minimum absolute atomic E-state index is 0.0301. The number of nitrogens with zero attached hydrogens (tertiary/aromatic N) is 1. The molecule has 0 radical (unpaired) electrons. The first-order valence-electron chi connectivity index (χ1n) is 8.13. The van der Waals surface area contributed by atoms with E-state index in [9.17, 15) is 4.79 Å². The molecule has 1 atom stereocenters. The summed E-state index contributed by atoms with van der Waals surface area (Å²) in [5.41, 5.74) is 2.38. The number of aryl methyl sites for hydroxylation is 1. The van der Waals surface area contributed by atoms with Gasteiger partial charge in [-0.2, -0.15) is 0 Å². The van der Waals surface area contributed by atoms with Crippen LogP contribution in [-0.2, 0) is 16.0 Å². The largest absolute Gasteiger partial charge is 0.378 e. The number of amides is 1. The van der Waals surface area contributed by atoms with Crippen LogP contribution in [0.25, 0.3) is 0 Å². The maximum atomic E-state index is 12.3. The van der Waals surface area contributed by atoms with E-state index in [4.69, 9.17) is 4.74 Å². The quantitative estimate of drug-likeness (QED) is 0.909. The van der Waals surface area contributed by atoms with Crippen molar-refractivity contribution >= 4 is 5.91 Å². The second-order valence-corrected chi connectivity index (χ2v) is 6.67. The second-order valence-electron chi connectivity index (χ2n) is 6.67. The van der Waals surface area contributed by atoms with Crippen molar-refractivity contribution in [3.63, 3.8) is 0 Å². The maximum Gasteiger partial charge on any atom is 0.234 e. The molecule has 0 aromatic heterocycles. The Hall–Kier alpha value is -1.39. The van der Waals surface area contributed by atoms with E-state index in [1.54, 1.807) is 0 Å². The highest BCUT2D eigenvalue weighted by Crippen LogP contribution is 2.19. The topological polar surface area (TPSA) is 41.6 Å². The van der Waals surface area contributed by atoms with Crippen LogP contribution >= 0.6 is 0 Å². The highest BCUT2D eigenvalue weighted by molar-refractivity contribution is 5.78. The molecule has 1 aliphatic rings. The van der Waals surface area contributed by atoms with Crippen LogP contribution < -0.4 is 5.32 Å². The lowest BCUT2D eigenvalue weighted by atomic mass is 10.0. The fourth-order valence-corrected chi connectivity index (χ4v) is 2.77. The Kier molecular flexibility index (Phi) is 5.59. The zero-order chi connectivity index (χ0) is 16.2. The van der Waals surface area contributed by atoms with Crippen LogP contribution in [0.15, 0.2) is 24.3 Å². The zero-order valence-corrected chi connectivity index (χ0v) is 14.2. The number of morpholine rings is 1. The minimum atomic E-state index is -0.0817. The molecule has 2 rings (SSSR count). The first kappa shape index (κ1) is 17.0. The smallest absolute Gasteiger partial charge is 0.234 e. The highest BCUT2D eigenvalue weighted by Gasteiger charge is 2.31. The molecule has 4 nitrogen and oxygen atoms in total. The summed E-state index contributed by atoms with van der Waals surface area (Å²) in [5.74, 6) is 0.0713. The molecule has 1 amide bonds. The van der Waals surface area contributed by atoms with Crippen molar-refractivity contribution in [3.8, 4) is 0 Å². The molecule has 1 aromatic rings. The maximum absolute atomic E-state index is 12.3. The van der Waals surface area contributed by atoms with Gasteiger partial charge in [0.2, 0.25) is 5.91 Å². The lowest BCUT2D eigenvalue weighted by Gasteiger charge is -2.41. The molecule has 1 aromatic carbocycles. The van der Waals surface area contributed by atoms with Crippen LogP contribution in [0.5, 0.6) is 0 Å². The lowest BCUT2D eigenvalue weighted by Crippen LogP contribution is -2.55. The highest BCUT2D eigenvalue weighted by atomic mass is 16.5. The van der Waals surface area contributed by atoms with Crippen molar-refractivity contribution in [1.82, 2.24) is 10.2 Å². The molecule has 1 unspecified atom stereocenters. The first-order valence-corrected chi connectivity index (χ1v) is 8.13. The summed E-state index contributed by atoms with van der Waals surface area (Å²) >= 11 is 0. The molecule has 1 N–H and O–H groups in total. The third-order valence-corrected chi connectivity index (χ3v) is 4.42. The predicted octanol–water partition coefficient (Wildman–Crippen LogP) is 2.54. The second kappa shape index (κ2) is 7.25. The van der Waals surface area contributed by atoms with Gasteiger partial charge in [-0.15, -0.1) is 0 Å². The fourth-order valence-electron chi connectivity index (χ4n) is 2.77. The van der Waals surface area contributed by atoms with E-state index >= 15 is 0 Å². The molecule has 0 bridgehead atoms. The number of carbonyl (C=O) groups is 1. The third kappa shape index (κ3) is 4.31. The molecule has 1 fully saturated rings. The number of hydrogen-bond acceptors (Lipinski definition) is 3. The van der Waals surface area contributed by atoms with E-state index in [0.717, 1.165) is 18.5 Å².